The number of hydrogen-bond acceptors (Lipinski definition) is 1. The van der Waals surface area contributed by atoms with E-state index in [1.54, 1.807) is 0 Å². The van der Waals surface area contributed by atoms with Crippen molar-refractivity contribution in [3.63, 3.8) is 0 Å². The first-order valence-corrected chi connectivity index (χ1v) is 5.05. The molecular weight excluding hydrogens is 208 g/mol. The Balaban J connectivity index is -0.000000180. The van der Waals surface area contributed by atoms with Crippen LogP contribution in [-0.4, -0.2) is 38.2 Å². The topological polar surface area (TPSA) is 9.23 Å². The average molecular weight is 221 g/mol. The van der Waals surface area contributed by atoms with Gasteiger partial charge in [-0.15, -0.1) is 0 Å². The predicted octanol–water partition coefficient (Wildman–Crippen LogP) is -2.24. The van der Waals surface area contributed by atoms with Crippen LogP contribution in [0.25, 0.3) is 0 Å². The Morgan fingerprint density at radius 3 is 1.78 bits per heavy atom. The van der Waals surface area contributed by atoms with Crippen molar-refractivity contribution in [1.82, 2.24) is 0 Å². The standard InChI is InChI=1S/C5H13OSi.BrH.Mg/c1-5(2)6-7(3)4;;/h5,7H,3H2,1-2,4H3;1H;/q-1;;+2/p-1. The molecule has 0 saturated carbocycles. The summed E-state index contributed by atoms with van der Waals surface area (Å²) in [7, 11) is -0.978. The number of rotatable bonds is 2. The smallest absolute Gasteiger partial charge is 1.00 e. The van der Waals surface area contributed by atoms with Crippen molar-refractivity contribution in [3.8, 4) is 0 Å². The molecule has 0 spiro atoms. The van der Waals surface area contributed by atoms with Gasteiger partial charge in [-0.1, -0.05) is 6.55 Å². The van der Waals surface area contributed by atoms with Gasteiger partial charge in [-0.25, -0.2) is 0 Å². The van der Waals surface area contributed by atoms with Gasteiger partial charge < -0.3 is 28.0 Å². The van der Waals surface area contributed by atoms with Gasteiger partial charge in [0.15, 0.2) is 0 Å². The van der Waals surface area contributed by atoms with Crippen LogP contribution in [0.1, 0.15) is 13.8 Å². The molecule has 0 radical (unpaired) electrons. The molecule has 0 aromatic rings. The summed E-state index contributed by atoms with van der Waals surface area (Å²) in [5.41, 5.74) is 0. The third-order valence-electron chi connectivity index (χ3n) is 0.504. The Morgan fingerprint density at radius 2 is 1.78 bits per heavy atom. The minimum atomic E-state index is -0.978. The molecule has 0 amide bonds. The zero-order chi connectivity index (χ0) is 5.86. The van der Waals surface area contributed by atoms with E-state index in [2.05, 4.69) is 13.1 Å². The van der Waals surface area contributed by atoms with E-state index in [4.69, 9.17) is 4.43 Å². The molecule has 0 saturated heterocycles. The van der Waals surface area contributed by atoms with E-state index in [1.807, 2.05) is 13.8 Å². The van der Waals surface area contributed by atoms with Crippen LogP contribution in [0.5, 0.6) is 0 Å². The van der Waals surface area contributed by atoms with Crippen LogP contribution in [-0.2, 0) is 4.43 Å². The SMILES string of the molecule is [Br-].[CH2-][SiH](C)OC(C)C.[Mg+2]. The van der Waals surface area contributed by atoms with Crippen molar-refractivity contribution in [2.24, 2.45) is 0 Å². The summed E-state index contributed by atoms with van der Waals surface area (Å²) >= 11 is 0. The van der Waals surface area contributed by atoms with Gasteiger partial charge in [0.25, 0.3) is 0 Å². The van der Waals surface area contributed by atoms with Gasteiger partial charge in [0.2, 0.25) is 0 Å². The van der Waals surface area contributed by atoms with Gasteiger partial charge in [0, 0.05) is 15.1 Å². The first-order chi connectivity index (χ1) is 3.13. The molecule has 0 bridgehead atoms. The minimum absolute atomic E-state index is 0. The van der Waals surface area contributed by atoms with Crippen molar-refractivity contribution in [2.45, 2.75) is 26.5 Å². The maximum Gasteiger partial charge on any atom is 2.00 e. The predicted molar refractivity (Wildman–Crippen MR) is 40.3 cm³/mol. The molecule has 0 aliphatic heterocycles. The molecular formula is C5H13BrMgOSi. The molecule has 0 aromatic carbocycles. The summed E-state index contributed by atoms with van der Waals surface area (Å²) in [4.78, 5) is 0. The zero-order valence-electron chi connectivity index (χ0n) is 6.36. The van der Waals surface area contributed by atoms with Gasteiger partial charge in [0.1, 0.15) is 0 Å². The van der Waals surface area contributed by atoms with Crippen LogP contribution in [0.15, 0.2) is 0 Å². The molecule has 4 heteroatoms. The Kier molecular flexibility index (Phi) is 17.6. The largest absolute Gasteiger partial charge is 2.00 e. The van der Waals surface area contributed by atoms with Gasteiger partial charge >= 0.3 is 23.1 Å². The second-order valence-electron chi connectivity index (χ2n) is 2.00. The van der Waals surface area contributed by atoms with Crippen LogP contribution in [0.2, 0.25) is 6.55 Å². The quantitative estimate of drug-likeness (QED) is 0.379. The molecule has 0 N–H and O–H groups in total. The molecule has 52 valence electrons. The summed E-state index contributed by atoms with van der Waals surface area (Å²) in [5, 5.41) is 0. The Bertz CT molecular complexity index is 46.2. The van der Waals surface area contributed by atoms with Crippen LogP contribution in [0, 0.1) is 6.55 Å². The van der Waals surface area contributed by atoms with E-state index in [-0.39, 0.29) is 40.0 Å². The van der Waals surface area contributed by atoms with Crippen molar-refractivity contribution in [2.75, 3.05) is 0 Å². The Labute approximate surface area is 86.2 Å². The van der Waals surface area contributed by atoms with Gasteiger partial charge in [-0.3, -0.25) is 0 Å². The Hall–Kier alpha value is 1.42. The molecule has 0 heterocycles. The van der Waals surface area contributed by atoms with Crippen LogP contribution >= 0.6 is 0 Å². The summed E-state index contributed by atoms with van der Waals surface area (Å²) in [6.07, 6.45) is 0.374. The number of hydrogen-bond donors (Lipinski definition) is 0. The molecule has 9 heavy (non-hydrogen) atoms. The van der Waals surface area contributed by atoms with Crippen molar-refractivity contribution >= 4 is 32.1 Å². The van der Waals surface area contributed by atoms with Crippen molar-refractivity contribution in [1.29, 1.82) is 0 Å². The summed E-state index contributed by atoms with van der Waals surface area (Å²) in [5.74, 6) is 0. The van der Waals surface area contributed by atoms with E-state index in [1.165, 1.54) is 0 Å². The van der Waals surface area contributed by atoms with E-state index in [9.17, 15) is 0 Å². The number of halogens is 1. The second-order valence-corrected chi connectivity index (χ2v) is 3.89. The summed E-state index contributed by atoms with van der Waals surface area (Å²) in [6, 6.07) is 0. The second kappa shape index (κ2) is 9.42. The van der Waals surface area contributed by atoms with Crippen LogP contribution < -0.4 is 17.0 Å². The summed E-state index contributed by atoms with van der Waals surface area (Å²) < 4.78 is 5.28. The van der Waals surface area contributed by atoms with Crippen LogP contribution in [0.4, 0.5) is 0 Å². The molecule has 0 fully saturated rings. The third kappa shape index (κ3) is 17.7. The fraction of sp³-hybridized carbons (Fsp3) is 0.800. The molecule has 1 unspecified atom stereocenters. The van der Waals surface area contributed by atoms with E-state index < -0.39 is 9.04 Å². The fourth-order valence-electron chi connectivity index (χ4n) is 0.465. The minimum Gasteiger partial charge on any atom is -1.00 e. The van der Waals surface area contributed by atoms with E-state index in [0.29, 0.717) is 6.10 Å². The normalized spacial score (nSPS) is 11.7. The van der Waals surface area contributed by atoms with E-state index >= 15 is 0 Å². The molecule has 0 aliphatic carbocycles. The van der Waals surface area contributed by atoms with Crippen molar-refractivity contribution in [3.05, 3.63) is 6.55 Å². The third-order valence-corrected chi connectivity index (χ3v) is 1.51. The molecule has 0 aromatic heterocycles. The fourth-order valence-corrected chi connectivity index (χ4v) is 1.39. The maximum atomic E-state index is 5.28. The van der Waals surface area contributed by atoms with Crippen LogP contribution in [0.3, 0.4) is 0 Å². The monoisotopic (exact) mass is 220 g/mol. The van der Waals surface area contributed by atoms with Gasteiger partial charge in [-0.2, -0.15) is 0 Å². The van der Waals surface area contributed by atoms with Gasteiger partial charge in [0.05, 0.1) is 0 Å². The first-order valence-electron chi connectivity index (χ1n) is 2.61. The molecule has 1 nitrogen and oxygen atoms in total. The Morgan fingerprint density at radius 1 is 1.44 bits per heavy atom. The van der Waals surface area contributed by atoms with Gasteiger partial charge in [-0.05, 0) is 13.8 Å². The average Bonchev–Trinajstić information content (AvgIpc) is 1.27. The molecule has 1 atom stereocenters. The molecule has 0 aliphatic rings. The van der Waals surface area contributed by atoms with E-state index in [0.717, 1.165) is 0 Å². The first kappa shape index (κ1) is 16.8. The maximum absolute atomic E-state index is 5.28. The molecule has 0 rings (SSSR count). The summed E-state index contributed by atoms with van der Waals surface area (Å²) in [6.45, 7) is 9.94. The van der Waals surface area contributed by atoms with Crippen molar-refractivity contribution < 1.29 is 21.4 Å². The zero-order valence-corrected chi connectivity index (χ0v) is 10.5.